The number of anilines is 1. The Kier molecular flexibility index (Phi) is 6.42. The normalized spacial score (nSPS) is 22.8. The molecule has 0 unspecified atom stereocenters. The first kappa shape index (κ1) is 22.9. The molecule has 0 spiro atoms. The summed E-state index contributed by atoms with van der Waals surface area (Å²) in [6.45, 7) is 1.97. The maximum absolute atomic E-state index is 12.8. The number of halogens is 1. The SMILES string of the molecule is COc1cc(OC)c(N2C(=NC(=O)Cc3cccc(C)c3)S[C@H]3CS(=O)(=O)C[C@@H]32)cc1Cl. The number of amides is 1. The van der Waals surface area contributed by atoms with Gasteiger partial charge in [-0.15, -0.1) is 0 Å². The number of hydrogen-bond donors (Lipinski definition) is 0. The average Bonchev–Trinajstić information content (AvgIpc) is 3.18. The number of sulfone groups is 1. The first-order valence-electron chi connectivity index (χ1n) is 9.95. The van der Waals surface area contributed by atoms with Crippen molar-refractivity contribution in [2.24, 2.45) is 4.99 Å². The van der Waals surface area contributed by atoms with Crippen molar-refractivity contribution in [1.82, 2.24) is 0 Å². The monoisotopic (exact) mass is 494 g/mol. The Balaban J connectivity index is 1.73. The first-order valence-corrected chi connectivity index (χ1v) is 13.0. The summed E-state index contributed by atoms with van der Waals surface area (Å²) in [4.78, 5) is 19.0. The molecule has 2 heterocycles. The van der Waals surface area contributed by atoms with E-state index in [2.05, 4.69) is 4.99 Å². The third-order valence-electron chi connectivity index (χ3n) is 5.44. The van der Waals surface area contributed by atoms with E-state index in [0.717, 1.165) is 11.1 Å². The van der Waals surface area contributed by atoms with Gasteiger partial charge in [0, 0.05) is 11.3 Å². The van der Waals surface area contributed by atoms with E-state index in [-0.39, 0.29) is 35.1 Å². The molecule has 0 saturated carbocycles. The molecular weight excluding hydrogens is 472 g/mol. The zero-order valence-corrected chi connectivity index (χ0v) is 20.3. The Morgan fingerprint density at radius 2 is 1.94 bits per heavy atom. The number of methoxy groups -OCH3 is 2. The van der Waals surface area contributed by atoms with Gasteiger partial charge in [0.15, 0.2) is 15.0 Å². The van der Waals surface area contributed by atoms with Gasteiger partial charge in [-0.25, -0.2) is 8.42 Å². The van der Waals surface area contributed by atoms with Crippen molar-refractivity contribution in [3.8, 4) is 11.5 Å². The maximum Gasteiger partial charge on any atom is 0.252 e. The summed E-state index contributed by atoms with van der Waals surface area (Å²) in [5, 5.41) is 0.575. The van der Waals surface area contributed by atoms with Gasteiger partial charge in [-0.3, -0.25) is 4.79 Å². The molecule has 0 N–H and O–H groups in total. The number of aryl methyl sites for hydroxylation is 1. The molecule has 2 aromatic rings. The van der Waals surface area contributed by atoms with E-state index in [1.165, 1.54) is 26.0 Å². The number of thioether (sulfide) groups is 1. The molecule has 32 heavy (non-hydrogen) atoms. The second kappa shape index (κ2) is 8.96. The smallest absolute Gasteiger partial charge is 0.252 e. The minimum atomic E-state index is -3.20. The van der Waals surface area contributed by atoms with Crippen molar-refractivity contribution in [3.05, 3.63) is 52.5 Å². The number of amidine groups is 1. The molecular formula is C22H23ClN2O5S2. The number of ether oxygens (including phenoxy) is 2. The summed E-state index contributed by atoms with van der Waals surface area (Å²) in [5.41, 5.74) is 2.50. The lowest BCUT2D eigenvalue weighted by Gasteiger charge is -2.26. The van der Waals surface area contributed by atoms with Crippen molar-refractivity contribution < 1.29 is 22.7 Å². The van der Waals surface area contributed by atoms with Gasteiger partial charge in [0.2, 0.25) is 0 Å². The largest absolute Gasteiger partial charge is 0.495 e. The molecule has 0 bridgehead atoms. The Labute approximate surface area is 196 Å². The fraction of sp³-hybridized carbons (Fsp3) is 0.364. The van der Waals surface area contributed by atoms with Crippen LogP contribution in [0.25, 0.3) is 0 Å². The van der Waals surface area contributed by atoms with Crippen molar-refractivity contribution in [2.75, 3.05) is 30.6 Å². The van der Waals surface area contributed by atoms with E-state index >= 15 is 0 Å². The highest BCUT2D eigenvalue weighted by molar-refractivity contribution is 8.16. The van der Waals surface area contributed by atoms with Crippen LogP contribution in [-0.4, -0.2) is 56.5 Å². The molecule has 2 aliphatic heterocycles. The third kappa shape index (κ3) is 4.60. The Morgan fingerprint density at radius 1 is 1.19 bits per heavy atom. The minimum Gasteiger partial charge on any atom is -0.495 e. The van der Waals surface area contributed by atoms with Gasteiger partial charge in [0.05, 0.1) is 48.9 Å². The molecule has 7 nitrogen and oxygen atoms in total. The fourth-order valence-corrected chi connectivity index (χ4v) is 8.18. The summed E-state index contributed by atoms with van der Waals surface area (Å²) in [5.74, 6) is 0.599. The number of carbonyl (C=O) groups is 1. The van der Waals surface area contributed by atoms with Crippen LogP contribution in [0.4, 0.5) is 5.69 Å². The van der Waals surface area contributed by atoms with Crippen LogP contribution in [-0.2, 0) is 21.1 Å². The molecule has 170 valence electrons. The van der Waals surface area contributed by atoms with Crippen LogP contribution in [0.15, 0.2) is 41.4 Å². The van der Waals surface area contributed by atoms with Crippen molar-refractivity contribution in [2.45, 2.75) is 24.6 Å². The number of nitrogens with zero attached hydrogens (tertiary/aromatic N) is 2. The van der Waals surface area contributed by atoms with Crippen LogP contribution < -0.4 is 14.4 Å². The number of rotatable bonds is 5. The highest BCUT2D eigenvalue weighted by Gasteiger charge is 2.50. The molecule has 2 saturated heterocycles. The predicted octanol–water partition coefficient (Wildman–Crippen LogP) is 3.51. The standard InChI is InChI=1S/C22H23ClN2O5S2/c1-13-5-4-6-14(7-13)8-21(26)24-22-25(17-11-32(27,28)12-20(17)31-22)16-9-15(23)18(29-2)10-19(16)30-3/h4-7,9-10,17,20H,8,11-12H2,1-3H3/t17-,20-/m0/s1. The third-order valence-corrected chi connectivity index (χ3v) is 8.94. The number of hydrogen-bond acceptors (Lipinski definition) is 6. The molecule has 2 atom stereocenters. The van der Waals surface area contributed by atoms with Crippen molar-refractivity contribution >= 4 is 50.0 Å². The van der Waals surface area contributed by atoms with Gasteiger partial charge in [-0.2, -0.15) is 4.99 Å². The van der Waals surface area contributed by atoms with Crippen LogP contribution in [0.5, 0.6) is 11.5 Å². The van der Waals surface area contributed by atoms with Gasteiger partial charge < -0.3 is 14.4 Å². The van der Waals surface area contributed by atoms with Gasteiger partial charge >= 0.3 is 0 Å². The highest BCUT2D eigenvalue weighted by atomic mass is 35.5. The fourth-order valence-electron chi connectivity index (χ4n) is 4.02. The first-order chi connectivity index (χ1) is 15.2. The Morgan fingerprint density at radius 3 is 2.62 bits per heavy atom. The molecule has 10 heteroatoms. The lowest BCUT2D eigenvalue weighted by Crippen LogP contribution is -2.38. The van der Waals surface area contributed by atoms with E-state index in [1.54, 1.807) is 17.0 Å². The molecule has 2 aliphatic rings. The number of aliphatic imine (C=N–C) groups is 1. The number of benzene rings is 2. The van der Waals surface area contributed by atoms with E-state index < -0.39 is 9.84 Å². The lowest BCUT2D eigenvalue weighted by atomic mass is 10.1. The molecule has 1 amide bonds. The summed E-state index contributed by atoms with van der Waals surface area (Å²) in [6, 6.07) is 10.6. The number of carbonyl (C=O) groups excluding carboxylic acids is 1. The Hall–Kier alpha value is -2.23. The zero-order chi connectivity index (χ0) is 23.0. The Bertz CT molecular complexity index is 1200. The zero-order valence-electron chi connectivity index (χ0n) is 17.9. The van der Waals surface area contributed by atoms with Gasteiger partial charge in [-0.05, 0) is 18.6 Å². The molecule has 0 aromatic heterocycles. The second-order valence-corrected chi connectivity index (χ2v) is 11.6. The summed E-state index contributed by atoms with van der Waals surface area (Å²) < 4.78 is 35.5. The quantitative estimate of drug-likeness (QED) is 0.628. The van der Waals surface area contributed by atoms with Crippen molar-refractivity contribution in [3.63, 3.8) is 0 Å². The molecule has 4 rings (SSSR count). The van der Waals surface area contributed by atoms with E-state index in [9.17, 15) is 13.2 Å². The highest BCUT2D eigenvalue weighted by Crippen LogP contribution is 2.46. The van der Waals surface area contributed by atoms with Crippen LogP contribution in [0, 0.1) is 6.92 Å². The molecule has 0 radical (unpaired) electrons. The topological polar surface area (TPSA) is 85.3 Å². The van der Waals surface area contributed by atoms with Crippen LogP contribution >= 0.6 is 23.4 Å². The van der Waals surface area contributed by atoms with Gasteiger partial charge in [0.1, 0.15) is 11.5 Å². The molecule has 2 fully saturated rings. The van der Waals surface area contributed by atoms with E-state index in [4.69, 9.17) is 21.1 Å². The van der Waals surface area contributed by atoms with Crippen LogP contribution in [0.1, 0.15) is 11.1 Å². The average molecular weight is 495 g/mol. The predicted molar refractivity (Wildman–Crippen MR) is 128 cm³/mol. The summed E-state index contributed by atoms with van der Waals surface area (Å²) >= 11 is 7.68. The van der Waals surface area contributed by atoms with E-state index in [1.807, 2.05) is 31.2 Å². The number of fused-ring (bicyclic) bond motifs is 1. The van der Waals surface area contributed by atoms with Gasteiger partial charge in [0.25, 0.3) is 5.91 Å². The minimum absolute atomic E-state index is 0.0252. The second-order valence-electron chi connectivity index (χ2n) is 7.78. The van der Waals surface area contributed by atoms with Crippen LogP contribution in [0.3, 0.4) is 0 Å². The lowest BCUT2D eigenvalue weighted by molar-refractivity contribution is -0.117. The van der Waals surface area contributed by atoms with Crippen LogP contribution in [0.2, 0.25) is 5.02 Å². The van der Waals surface area contributed by atoms with E-state index in [0.29, 0.717) is 27.4 Å². The van der Waals surface area contributed by atoms with Crippen molar-refractivity contribution in [1.29, 1.82) is 0 Å². The summed E-state index contributed by atoms with van der Waals surface area (Å²) in [7, 11) is -0.181. The van der Waals surface area contributed by atoms with Gasteiger partial charge in [-0.1, -0.05) is 53.2 Å². The maximum atomic E-state index is 12.8. The molecule has 2 aromatic carbocycles. The molecule has 0 aliphatic carbocycles. The summed E-state index contributed by atoms with van der Waals surface area (Å²) in [6.07, 6.45) is 0.160.